The van der Waals surface area contributed by atoms with Crippen molar-refractivity contribution in [3.63, 3.8) is 0 Å². The molecule has 160 valence electrons. The van der Waals surface area contributed by atoms with Gasteiger partial charge in [-0.3, -0.25) is 9.59 Å². The molecule has 0 aliphatic rings. The monoisotopic (exact) mass is 420 g/mol. The Bertz CT molecular complexity index is 1210. The van der Waals surface area contributed by atoms with E-state index in [0.717, 1.165) is 22.5 Å². The van der Waals surface area contributed by atoms with Crippen LogP contribution in [0.3, 0.4) is 0 Å². The molecule has 0 unspecified atom stereocenters. The number of rotatable bonds is 6. The Morgan fingerprint density at radius 2 is 1.71 bits per heavy atom. The summed E-state index contributed by atoms with van der Waals surface area (Å²) in [6.45, 7) is 8.88. The minimum atomic E-state index is -0.330. The molecule has 0 aliphatic carbocycles. The van der Waals surface area contributed by atoms with E-state index in [1.165, 1.54) is 18.2 Å². The fourth-order valence-corrected chi connectivity index (χ4v) is 3.40. The molecule has 1 amide bonds. The third-order valence-corrected chi connectivity index (χ3v) is 4.96. The highest BCUT2D eigenvalue weighted by molar-refractivity contribution is 5.99. The smallest absolute Gasteiger partial charge is 0.247 e. The first-order valence-corrected chi connectivity index (χ1v) is 9.75. The number of carbonyl (C=O) groups is 1. The molecule has 2 aromatic carbocycles. The zero-order valence-electron chi connectivity index (χ0n) is 18.0. The first-order chi connectivity index (χ1) is 14.7. The summed E-state index contributed by atoms with van der Waals surface area (Å²) in [5.41, 5.74) is 5.23. The van der Waals surface area contributed by atoms with Crippen molar-refractivity contribution in [3.8, 4) is 5.69 Å². The van der Waals surface area contributed by atoms with Gasteiger partial charge in [0.05, 0.1) is 17.1 Å². The molecule has 0 aliphatic heterocycles. The van der Waals surface area contributed by atoms with E-state index in [0.29, 0.717) is 22.6 Å². The van der Waals surface area contributed by atoms with Crippen LogP contribution in [0.25, 0.3) is 5.69 Å². The molecule has 0 spiro atoms. The average Bonchev–Trinajstić information content (AvgIpc) is 2.73. The lowest BCUT2D eigenvalue weighted by molar-refractivity contribution is -0.111. The maximum absolute atomic E-state index is 13.7. The number of benzene rings is 2. The summed E-state index contributed by atoms with van der Waals surface area (Å²) in [7, 11) is 1.69. The second kappa shape index (κ2) is 8.87. The molecule has 31 heavy (non-hydrogen) atoms. The Morgan fingerprint density at radius 1 is 1.03 bits per heavy atom. The number of carbonyl (C=O) groups excluding carboxylic acids is 1. The number of aryl methyl sites for hydroxylation is 3. The number of pyridine rings is 1. The van der Waals surface area contributed by atoms with E-state index < -0.39 is 0 Å². The van der Waals surface area contributed by atoms with Gasteiger partial charge in [0, 0.05) is 36.4 Å². The van der Waals surface area contributed by atoms with E-state index in [-0.39, 0.29) is 17.2 Å². The van der Waals surface area contributed by atoms with Gasteiger partial charge in [0.1, 0.15) is 5.82 Å². The van der Waals surface area contributed by atoms with Gasteiger partial charge in [0.15, 0.2) is 0 Å². The third-order valence-electron chi connectivity index (χ3n) is 4.96. The number of aromatic nitrogens is 1. The highest BCUT2D eigenvalue weighted by Crippen LogP contribution is 2.31. The predicted molar refractivity (Wildman–Crippen MR) is 124 cm³/mol. The Morgan fingerprint density at radius 3 is 2.32 bits per heavy atom. The lowest BCUT2D eigenvalue weighted by Crippen LogP contribution is -2.15. The van der Waals surface area contributed by atoms with Gasteiger partial charge in [-0.2, -0.15) is 0 Å². The van der Waals surface area contributed by atoms with E-state index in [1.54, 1.807) is 38.5 Å². The van der Waals surface area contributed by atoms with E-state index in [9.17, 15) is 14.0 Å². The standard InChI is InChI=1S/C24H25FN4O2/c1-6-22(30)27-18-7-8-19(28-23-14(2)9-17(25)10-15(23)3)21(11-18)29-12-16(4)24(31)20(13-29)26-5/h6-13,26,28H,1H2,2-5H3,(H,27,30). The molecule has 7 heteroatoms. The summed E-state index contributed by atoms with van der Waals surface area (Å²) in [6.07, 6.45) is 4.62. The van der Waals surface area contributed by atoms with Crippen LogP contribution in [0.2, 0.25) is 0 Å². The molecular formula is C24H25FN4O2. The van der Waals surface area contributed by atoms with Crippen LogP contribution in [-0.4, -0.2) is 17.5 Å². The number of hydrogen-bond donors (Lipinski definition) is 3. The molecule has 0 saturated carbocycles. The van der Waals surface area contributed by atoms with Gasteiger partial charge in [-0.25, -0.2) is 4.39 Å². The van der Waals surface area contributed by atoms with Gasteiger partial charge in [-0.05, 0) is 68.3 Å². The van der Waals surface area contributed by atoms with Crippen LogP contribution < -0.4 is 21.4 Å². The number of amides is 1. The van der Waals surface area contributed by atoms with Gasteiger partial charge in [-0.15, -0.1) is 0 Å². The number of nitrogens with one attached hydrogen (secondary N) is 3. The largest absolute Gasteiger partial charge is 0.384 e. The highest BCUT2D eigenvalue weighted by atomic mass is 19.1. The summed E-state index contributed by atoms with van der Waals surface area (Å²) in [5, 5.41) is 9.05. The van der Waals surface area contributed by atoms with Crippen molar-refractivity contribution in [3.05, 3.63) is 88.1 Å². The molecule has 3 N–H and O–H groups in total. The quantitative estimate of drug-likeness (QED) is 0.500. The fraction of sp³-hybridized carbons (Fsp3) is 0.167. The number of anilines is 4. The first-order valence-electron chi connectivity index (χ1n) is 9.75. The van der Waals surface area contributed by atoms with Crippen LogP contribution in [0.1, 0.15) is 16.7 Å². The molecule has 0 radical (unpaired) electrons. The maximum atomic E-state index is 13.7. The Hall–Kier alpha value is -3.87. The minimum Gasteiger partial charge on any atom is -0.384 e. The molecular weight excluding hydrogens is 395 g/mol. The lowest BCUT2D eigenvalue weighted by Gasteiger charge is -2.20. The molecule has 1 heterocycles. The van der Waals surface area contributed by atoms with E-state index in [4.69, 9.17) is 0 Å². The van der Waals surface area contributed by atoms with Crippen molar-refractivity contribution in [2.24, 2.45) is 0 Å². The second-order valence-electron chi connectivity index (χ2n) is 7.31. The molecule has 1 aromatic heterocycles. The van der Waals surface area contributed by atoms with Crippen LogP contribution in [-0.2, 0) is 4.79 Å². The van der Waals surface area contributed by atoms with E-state index in [1.807, 2.05) is 24.5 Å². The summed E-state index contributed by atoms with van der Waals surface area (Å²) < 4.78 is 15.6. The molecule has 3 rings (SSSR count). The average molecular weight is 420 g/mol. The van der Waals surface area contributed by atoms with Gasteiger partial charge >= 0.3 is 0 Å². The third kappa shape index (κ3) is 4.66. The second-order valence-corrected chi connectivity index (χ2v) is 7.31. The Labute approximate surface area is 180 Å². The number of hydrogen-bond acceptors (Lipinski definition) is 4. The Balaban J connectivity index is 2.18. The van der Waals surface area contributed by atoms with E-state index in [2.05, 4.69) is 22.5 Å². The summed E-state index contributed by atoms with van der Waals surface area (Å²) in [5.74, 6) is -0.623. The van der Waals surface area contributed by atoms with Crippen molar-refractivity contribution in [2.75, 3.05) is 23.0 Å². The normalized spacial score (nSPS) is 10.5. The highest BCUT2D eigenvalue weighted by Gasteiger charge is 2.13. The first kappa shape index (κ1) is 21.8. The SMILES string of the molecule is C=CC(=O)Nc1ccc(Nc2c(C)cc(F)cc2C)c(-n2cc(C)c(=O)c(NC)c2)c1. The van der Waals surface area contributed by atoms with Crippen molar-refractivity contribution < 1.29 is 9.18 Å². The van der Waals surface area contributed by atoms with Gasteiger partial charge < -0.3 is 20.5 Å². The van der Waals surface area contributed by atoms with Crippen LogP contribution >= 0.6 is 0 Å². The maximum Gasteiger partial charge on any atom is 0.247 e. The number of halogens is 1. The van der Waals surface area contributed by atoms with Gasteiger partial charge in [0.25, 0.3) is 0 Å². The predicted octanol–water partition coefficient (Wildman–Crippen LogP) is 4.81. The van der Waals surface area contributed by atoms with Crippen LogP contribution in [0.4, 0.5) is 27.1 Å². The van der Waals surface area contributed by atoms with Crippen LogP contribution in [0.15, 0.2) is 60.2 Å². The van der Waals surface area contributed by atoms with Gasteiger partial charge in [0.2, 0.25) is 11.3 Å². The van der Waals surface area contributed by atoms with E-state index >= 15 is 0 Å². The van der Waals surface area contributed by atoms with Crippen molar-refractivity contribution in [1.29, 1.82) is 0 Å². The van der Waals surface area contributed by atoms with Crippen LogP contribution in [0, 0.1) is 26.6 Å². The molecule has 3 aromatic rings. The van der Waals surface area contributed by atoms with Gasteiger partial charge in [-0.1, -0.05) is 6.58 Å². The topological polar surface area (TPSA) is 75.2 Å². The molecule has 0 bridgehead atoms. The summed E-state index contributed by atoms with van der Waals surface area (Å²) in [4.78, 5) is 24.1. The van der Waals surface area contributed by atoms with Crippen LogP contribution in [0.5, 0.6) is 0 Å². The van der Waals surface area contributed by atoms with Crippen molar-refractivity contribution in [2.45, 2.75) is 20.8 Å². The molecule has 0 saturated heterocycles. The molecule has 0 atom stereocenters. The van der Waals surface area contributed by atoms with Crippen molar-refractivity contribution >= 4 is 28.7 Å². The summed E-state index contributed by atoms with van der Waals surface area (Å²) >= 11 is 0. The summed E-state index contributed by atoms with van der Waals surface area (Å²) in [6, 6.07) is 8.31. The molecule has 6 nitrogen and oxygen atoms in total. The lowest BCUT2D eigenvalue weighted by atomic mass is 10.1. The Kier molecular flexibility index (Phi) is 6.25. The van der Waals surface area contributed by atoms with Crippen molar-refractivity contribution in [1.82, 2.24) is 4.57 Å². The fourth-order valence-electron chi connectivity index (χ4n) is 3.40. The zero-order valence-corrected chi connectivity index (χ0v) is 18.0. The number of nitrogens with zero attached hydrogens (tertiary/aromatic N) is 1. The minimum absolute atomic E-state index is 0.0883. The zero-order chi connectivity index (χ0) is 22.7. The molecule has 0 fully saturated rings.